The molecule has 0 atom stereocenters. The molecule has 1 N–H and O–H groups in total. The van der Waals surface area contributed by atoms with Crippen molar-refractivity contribution in [1.82, 2.24) is 5.32 Å². The Hall–Kier alpha value is -2.27. The summed E-state index contributed by atoms with van der Waals surface area (Å²) in [5.41, 5.74) is 1.64. The SMILES string of the molecule is O=C(NCCc1ccc(-c2ccoc2)s1)c1ccoc1. The molecule has 0 radical (unpaired) electrons. The Bertz CT molecular complexity index is 668. The number of hydrogen-bond donors (Lipinski definition) is 1. The van der Waals surface area contributed by atoms with E-state index in [2.05, 4.69) is 17.4 Å². The molecule has 4 nitrogen and oxygen atoms in total. The lowest BCUT2D eigenvalue weighted by Crippen LogP contribution is -2.24. The van der Waals surface area contributed by atoms with E-state index in [0.717, 1.165) is 12.0 Å². The Labute approximate surface area is 120 Å². The van der Waals surface area contributed by atoms with Crippen LogP contribution in [0.1, 0.15) is 15.2 Å². The normalized spacial score (nSPS) is 10.6. The van der Waals surface area contributed by atoms with Gasteiger partial charge in [-0.05, 0) is 30.7 Å². The molecule has 3 heterocycles. The fourth-order valence-corrected chi connectivity index (χ4v) is 2.86. The molecule has 0 unspecified atom stereocenters. The van der Waals surface area contributed by atoms with Crippen molar-refractivity contribution < 1.29 is 13.6 Å². The lowest BCUT2D eigenvalue weighted by Gasteiger charge is -2.01. The van der Waals surface area contributed by atoms with E-state index in [4.69, 9.17) is 8.83 Å². The minimum absolute atomic E-state index is 0.106. The average Bonchev–Trinajstić information content (AvgIpc) is 3.20. The minimum Gasteiger partial charge on any atom is -0.472 e. The Morgan fingerprint density at radius 2 is 1.95 bits per heavy atom. The van der Waals surface area contributed by atoms with Gasteiger partial charge in [0.25, 0.3) is 5.91 Å². The van der Waals surface area contributed by atoms with Crippen molar-refractivity contribution in [2.24, 2.45) is 0 Å². The van der Waals surface area contributed by atoms with Crippen LogP contribution < -0.4 is 5.32 Å². The Morgan fingerprint density at radius 1 is 1.10 bits per heavy atom. The third kappa shape index (κ3) is 2.83. The van der Waals surface area contributed by atoms with E-state index in [1.54, 1.807) is 29.9 Å². The smallest absolute Gasteiger partial charge is 0.254 e. The topological polar surface area (TPSA) is 55.4 Å². The molecule has 0 bridgehead atoms. The largest absolute Gasteiger partial charge is 0.472 e. The van der Waals surface area contributed by atoms with Gasteiger partial charge < -0.3 is 14.2 Å². The predicted molar refractivity (Wildman–Crippen MR) is 76.8 cm³/mol. The molecule has 102 valence electrons. The number of amides is 1. The van der Waals surface area contributed by atoms with Gasteiger partial charge in [0.05, 0.1) is 24.4 Å². The molecule has 0 aliphatic carbocycles. The van der Waals surface area contributed by atoms with Crippen molar-refractivity contribution in [3.8, 4) is 10.4 Å². The highest BCUT2D eigenvalue weighted by molar-refractivity contribution is 7.15. The van der Waals surface area contributed by atoms with Crippen molar-refractivity contribution in [1.29, 1.82) is 0 Å². The number of nitrogens with one attached hydrogen (secondary N) is 1. The Balaban J connectivity index is 1.53. The van der Waals surface area contributed by atoms with Crippen molar-refractivity contribution in [2.45, 2.75) is 6.42 Å². The average molecular weight is 287 g/mol. The number of hydrogen-bond acceptors (Lipinski definition) is 4. The summed E-state index contributed by atoms with van der Waals surface area (Å²) in [5.74, 6) is -0.106. The van der Waals surface area contributed by atoms with Gasteiger partial charge in [-0.2, -0.15) is 0 Å². The van der Waals surface area contributed by atoms with Crippen molar-refractivity contribution in [3.05, 3.63) is 59.8 Å². The third-order valence-electron chi connectivity index (χ3n) is 2.91. The number of carbonyl (C=O) groups is 1. The molecule has 0 spiro atoms. The van der Waals surface area contributed by atoms with Gasteiger partial charge in [0, 0.05) is 21.9 Å². The molecule has 3 aromatic rings. The van der Waals surface area contributed by atoms with Crippen LogP contribution in [-0.4, -0.2) is 12.5 Å². The highest BCUT2D eigenvalue weighted by atomic mass is 32.1. The third-order valence-corrected chi connectivity index (χ3v) is 4.10. The first-order chi connectivity index (χ1) is 9.83. The van der Waals surface area contributed by atoms with Crippen molar-refractivity contribution >= 4 is 17.2 Å². The van der Waals surface area contributed by atoms with E-state index in [9.17, 15) is 4.79 Å². The molecular formula is C15H13NO3S. The van der Waals surface area contributed by atoms with Crippen LogP contribution in [0, 0.1) is 0 Å². The lowest BCUT2D eigenvalue weighted by molar-refractivity contribution is 0.0953. The van der Waals surface area contributed by atoms with Gasteiger partial charge in [-0.25, -0.2) is 0 Å². The molecule has 0 aliphatic heterocycles. The molecule has 0 aromatic carbocycles. The zero-order chi connectivity index (χ0) is 13.8. The van der Waals surface area contributed by atoms with E-state index < -0.39 is 0 Å². The van der Waals surface area contributed by atoms with Crippen LogP contribution in [0.4, 0.5) is 0 Å². The predicted octanol–water partition coefficient (Wildman–Crippen LogP) is 3.57. The summed E-state index contributed by atoms with van der Waals surface area (Å²) in [6.45, 7) is 0.607. The summed E-state index contributed by atoms with van der Waals surface area (Å²) in [4.78, 5) is 14.1. The van der Waals surface area contributed by atoms with Crippen LogP contribution in [-0.2, 0) is 6.42 Å². The van der Waals surface area contributed by atoms with E-state index >= 15 is 0 Å². The van der Waals surface area contributed by atoms with Crippen LogP contribution >= 0.6 is 11.3 Å². The Kier molecular flexibility index (Phi) is 3.69. The van der Waals surface area contributed by atoms with Gasteiger partial charge in [0.2, 0.25) is 0 Å². The summed E-state index contributed by atoms with van der Waals surface area (Å²) in [7, 11) is 0. The van der Waals surface area contributed by atoms with E-state index in [1.807, 2.05) is 6.07 Å². The van der Waals surface area contributed by atoms with Crippen molar-refractivity contribution in [2.75, 3.05) is 6.54 Å². The summed E-state index contributed by atoms with van der Waals surface area (Å²) in [5, 5.41) is 2.87. The second-order valence-electron chi connectivity index (χ2n) is 4.30. The molecule has 0 aliphatic rings. The van der Waals surface area contributed by atoms with E-state index in [-0.39, 0.29) is 5.91 Å². The Morgan fingerprint density at radius 3 is 2.70 bits per heavy atom. The second kappa shape index (κ2) is 5.79. The van der Waals surface area contributed by atoms with Crippen molar-refractivity contribution in [3.63, 3.8) is 0 Å². The lowest BCUT2D eigenvalue weighted by atomic mass is 10.2. The highest BCUT2D eigenvalue weighted by Gasteiger charge is 2.07. The molecule has 3 rings (SSSR count). The number of rotatable bonds is 5. The molecule has 0 saturated carbocycles. The van der Waals surface area contributed by atoms with Crippen LogP contribution in [0.2, 0.25) is 0 Å². The van der Waals surface area contributed by atoms with Gasteiger partial charge in [-0.3, -0.25) is 4.79 Å². The monoisotopic (exact) mass is 287 g/mol. The number of thiophene rings is 1. The van der Waals surface area contributed by atoms with Gasteiger partial charge in [0.15, 0.2) is 0 Å². The summed E-state index contributed by atoms with van der Waals surface area (Å²) >= 11 is 1.71. The number of carbonyl (C=O) groups excluding carboxylic acids is 1. The second-order valence-corrected chi connectivity index (χ2v) is 5.46. The zero-order valence-corrected chi connectivity index (χ0v) is 11.5. The first-order valence-corrected chi connectivity index (χ1v) is 7.06. The molecular weight excluding hydrogens is 274 g/mol. The quantitative estimate of drug-likeness (QED) is 0.780. The van der Waals surface area contributed by atoms with Gasteiger partial charge in [-0.15, -0.1) is 11.3 Å². The first-order valence-electron chi connectivity index (χ1n) is 6.24. The van der Waals surface area contributed by atoms with Crippen LogP contribution in [0.15, 0.2) is 58.2 Å². The van der Waals surface area contributed by atoms with Crippen LogP contribution in [0.25, 0.3) is 10.4 Å². The molecule has 20 heavy (non-hydrogen) atoms. The number of furan rings is 2. The standard InChI is InChI=1S/C15H13NO3S/c17-15(12-5-8-19-10-12)16-6-3-13-1-2-14(20-13)11-4-7-18-9-11/h1-2,4-5,7-10H,3,6H2,(H,16,17). The van der Waals surface area contributed by atoms with E-state index in [1.165, 1.54) is 22.3 Å². The summed E-state index contributed by atoms with van der Waals surface area (Å²) in [6, 6.07) is 7.74. The van der Waals surface area contributed by atoms with E-state index in [0.29, 0.717) is 12.1 Å². The van der Waals surface area contributed by atoms with Gasteiger partial charge >= 0.3 is 0 Å². The molecule has 0 saturated heterocycles. The molecule has 0 fully saturated rings. The van der Waals surface area contributed by atoms with Crippen LogP contribution in [0.3, 0.4) is 0 Å². The molecule has 5 heteroatoms. The first kappa shape index (κ1) is 12.7. The maximum absolute atomic E-state index is 11.7. The summed E-state index contributed by atoms with van der Waals surface area (Å²) < 4.78 is 9.95. The fourth-order valence-electron chi connectivity index (χ4n) is 1.87. The summed E-state index contributed by atoms with van der Waals surface area (Å²) in [6.07, 6.45) is 7.14. The highest BCUT2D eigenvalue weighted by Crippen LogP contribution is 2.28. The maximum atomic E-state index is 11.7. The fraction of sp³-hybridized carbons (Fsp3) is 0.133. The minimum atomic E-state index is -0.106. The van der Waals surface area contributed by atoms with Gasteiger partial charge in [0.1, 0.15) is 6.26 Å². The maximum Gasteiger partial charge on any atom is 0.254 e. The zero-order valence-electron chi connectivity index (χ0n) is 10.7. The molecule has 3 aromatic heterocycles. The van der Waals surface area contributed by atoms with Gasteiger partial charge in [-0.1, -0.05) is 0 Å². The van der Waals surface area contributed by atoms with Crippen LogP contribution in [0.5, 0.6) is 0 Å². The molecule has 1 amide bonds.